The molecule has 3 aromatic carbocycles. The average Bonchev–Trinajstić information content (AvgIpc) is 3.21. The lowest BCUT2D eigenvalue weighted by molar-refractivity contribution is 0.509. The molecule has 0 atom stereocenters. The van der Waals surface area contributed by atoms with Crippen LogP contribution in [-0.4, -0.2) is 14.6 Å². The van der Waals surface area contributed by atoms with Gasteiger partial charge in [0.1, 0.15) is 0 Å². The van der Waals surface area contributed by atoms with Crippen molar-refractivity contribution in [2.75, 3.05) is 0 Å². The number of rotatable bonds is 4. The van der Waals surface area contributed by atoms with Gasteiger partial charge in [0.05, 0.1) is 5.69 Å². The van der Waals surface area contributed by atoms with Crippen molar-refractivity contribution in [1.29, 1.82) is 0 Å². The zero-order valence-electron chi connectivity index (χ0n) is 17.3. The predicted molar refractivity (Wildman–Crippen MR) is 121 cm³/mol. The maximum Gasteiger partial charge on any atom is 0.273 e. The van der Waals surface area contributed by atoms with Crippen LogP contribution in [0.15, 0.2) is 83.7 Å². The van der Waals surface area contributed by atoms with Gasteiger partial charge in [0, 0.05) is 22.9 Å². The number of halogens is 2. The van der Waals surface area contributed by atoms with Crippen molar-refractivity contribution in [1.82, 2.24) is 14.6 Å². The van der Waals surface area contributed by atoms with Crippen LogP contribution in [-0.2, 0) is 6.42 Å². The zero-order chi connectivity index (χ0) is 22.2. The average molecular weight is 427 g/mol. The predicted octanol–water partition coefficient (Wildman–Crippen LogP) is 5.86. The van der Waals surface area contributed by atoms with Crippen molar-refractivity contribution in [2.24, 2.45) is 0 Å². The van der Waals surface area contributed by atoms with Gasteiger partial charge in [-0.3, -0.25) is 9.89 Å². The molecule has 5 aromatic rings. The molecule has 0 fully saturated rings. The lowest BCUT2D eigenvalue weighted by Gasteiger charge is -2.06. The summed E-state index contributed by atoms with van der Waals surface area (Å²) in [6.07, 6.45) is 0.568. The Morgan fingerprint density at radius 1 is 0.812 bits per heavy atom. The number of hydrogen-bond donors (Lipinski definition) is 1. The van der Waals surface area contributed by atoms with Gasteiger partial charge in [-0.05, 0) is 35.2 Å². The van der Waals surface area contributed by atoms with Gasteiger partial charge >= 0.3 is 0 Å². The fourth-order valence-electron chi connectivity index (χ4n) is 3.91. The summed E-state index contributed by atoms with van der Waals surface area (Å²) in [5.41, 5.74) is 5.33. The summed E-state index contributed by atoms with van der Waals surface area (Å²) in [4.78, 5) is 17.6. The highest BCUT2D eigenvalue weighted by Crippen LogP contribution is 2.30. The van der Waals surface area contributed by atoms with Crippen LogP contribution >= 0.6 is 0 Å². The molecular weight excluding hydrogens is 408 g/mol. The van der Waals surface area contributed by atoms with E-state index in [1.165, 1.54) is 16.6 Å². The van der Waals surface area contributed by atoms with E-state index in [1.807, 2.05) is 61.5 Å². The number of hydrogen-bond acceptors (Lipinski definition) is 2. The number of nitrogens with one attached hydrogen (secondary N) is 1. The molecule has 0 amide bonds. The summed E-state index contributed by atoms with van der Waals surface area (Å²) >= 11 is 0. The Bertz CT molecular complexity index is 1490. The molecule has 6 heteroatoms. The summed E-state index contributed by atoms with van der Waals surface area (Å²) in [5.74, 6) is -1.87. The molecule has 0 radical (unpaired) electrons. The first-order valence-corrected chi connectivity index (χ1v) is 10.3. The maximum absolute atomic E-state index is 13.9. The number of aromatic nitrogens is 3. The number of fused-ring (bicyclic) bond motifs is 1. The minimum atomic E-state index is -0.945. The molecule has 0 bridgehead atoms. The Labute approximate surface area is 182 Å². The van der Waals surface area contributed by atoms with E-state index in [1.54, 1.807) is 0 Å². The number of nitrogens with zero attached hydrogens (tertiary/aromatic N) is 2. The van der Waals surface area contributed by atoms with Gasteiger partial charge in [0.15, 0.2) is 17.3 Å². The van der Waals surface area contributed by atoms with Crippen LogP contribution in [0, 0.1) is 11.6 Å². The summed E-state index contributed by atoms with van der Waals surface area (Å²) in [6.45, 7) is 1.92. The van der Waals surface area contributed by atoms with E-state index in [4.69, 9.17) is 4.98 Å². The Kier molecular flexibility index (Phi) is 4.90. The fourth-order valence-corrected chi connectivity index (χ4v) is 3.91. The normalized spacial score (nSPS) is 11.2. The molecule has 4 nitrogen and oxygen atoms in total. The third-order valence-corrected chi connectivity index (χ3v) is 5.54. The Morgan fingerprint density at radius 3 is 2.16 bits per heavy atom. The Morgan fingerprint density at radius 2 is 1.47 bits per heavy atom. The van der Waals surface area contributed by atoms with Crippen molar-refractivity contribution in [3.63, 3.8) is 0 Å². The van der Waals surface area contributed by atoms with Crippen LogP contribution < -0.4 is 5.56 Å². The minimum absolute atomic E-state index is 0.277. The smallest absolute Gasteiger partial charge is 0.273 e. The third-order valence-electron chi connectivity index (χ3n) is 5.54. The van der Waals surface area contributed by atoms with E-state index in [0.717, 1.165) is 34.5 Å². The first-order chi connectivity index (χ1) is 15.5. The Hall–Kier alpha value is -4.06. The highest BCUT2D eigenvalue weighted by atomic mass is 19.2. The van der Waals surface area contributed by atoms with Crippen LogP contribution in [0.2, 0.25) is 0 Å². The molecule has 2 aromatic heterocycles. The van der Waals surface area contributed by atoms with E-state index in [9.17, 15) is 13.6 Å². The number of H-pyrrole nitrogens is 1. The zero-order valence-corrected chi connectivity index (χ0v) is 17.3. The van der Waals surface area contributed by atoms with Gasteiger partial charge in [-0.2, -0.15) is 0 Å². The van der Waals surface area contributed by atoms with E-state index in [-0.39, 0.29) is 5.56 Å². The summed E-state index contributed by atoms with van der Waals surface area (Å²) in [7, 11) is 0. The van der Waals surface area contributed by atoms with Crippen molar-refractivity contribution >= 4 is 5.65 Å². The first kappa shape index (κ1) is 19.9. The SMILES string of the molecule is CCc1[nH]n2c(=O)cc(-c3ccc(-c4ccccc4)cc3)nc2c1-c1ccc(F)c(F)c1. The van der Waals surface area contributed by atoms with Gasteiger partial charge in [-0.1, -0.05) is 67.6 Å². The van der Waals surface area contributed by atoms with Crippen LogP contribution in [0.3, 0.4) is 0 Å². The molecule has 0 aliphatic rings. The molecule has 5 rings (SSSR count). The van der Waals surface area contributed by atoms with Gasteiger partial charge in [-0.25, -0.2) is 18.3 Å². The molecule has 2 heterocycles. The largest absolute Gasteiger partial charge is 0.293 e. The van der Waals surface area contributed by atoms with Gasteiger partial charge in [0.2, 0.25) is 0 Å². The molecular formula is C26H19F2N3O. The van der Waals surface area contributed by atoms with E-state index >= 15 is 0 Å². The summed E-state index contributed by atoms with van der Waals surface area (Å²) in [6, 6.07) is 23.0. The van der Waals surface area contributed by atoms with Crippen LogP contribution in [0.4, 0.5) is 8.78 Å². The summed E-state index contributed by atoms with van der Waals surface area (Å²) in [5, 5.41) is 3.05. The van der Waals surface area contributed by atoms with Crippen LogP contribution in [0.5, 0.6) is 0 Å². The number of aryl methyl sites for hydroxylation is 1. The van der Waals surface area contributed by atoms with Crippen molar-refractivity contribution < 1.29 is 8.78 Å². The molecule has 0 aliphatic heterocycles. The lowest BCUT2D eigenvalue weighted by Crippen LogP contribution is -2.14. The van der Waals surface area contributed by atoms with E-state index < -0.39 is 11.6 Å². The van der Waals surface area contributed by atoms with E-state index in [2.05, 4.69) is 5.10 Å². The molecule has 0 spiro atoms. The second kappa shape index (κ2) is 7.89. The van der Waals surface area contributed by atoms with Gasteiger partial charge < -0.3 is 0 Å². The fraction of sp³-hybridized carbons (Fsp3) is 0.0769. The molecule has 32 heavy (non-hydrogen) atoms. The number of aromatic amines is 1. The number of benzene rings is 3. The third kappa shape index (κ3) is 3.39. The van der Waals surface area contributed by atoms with Gasteiger partial charge in [0.25, 0.3) is 5.56 Å². The maximum atomic E-state index is 13.9. The van der Waals surface area contributed by atoms with Crippen molar-refractivity contribution in [3.8, 4) is 33.5 Å². The molecule has 1 N–H and O–H groups in total. The molecule has 0 saturated heterocycles. The van der Waals surface area contributed by atoms with Crippen LogP contribution in [0.25, 0.3) is 39.2 Å². The van der Waals surface area contributed by atoms with Gasteiger partial charge in [-0.15, -0.1) is 0 Å². The second-order valence-corrected chi connectivity index (χ2v) is 7.53. The Balaban J connectivity index is 1.66. The molecule has 0 unspecified atom stereocenters. The minimum Gasteiger partial charge on any atom is -0.293 e. The van der Waals surface area contributed by atoms with Crippen molar-refractivity contribution in [3.05, 3.63) is 107 Å². The van der Waals surface area contributed by atoms with Crippen LogP contribution in [0.1, 0.15) is 12.6 Å². The monoisotopic (exact) mass is 427 g/mol. The quantitative estimate of drug-likeness (QED) is 0.390. The molecule has 0 saturated carbocycles. The lowest BCUT2D eigenvalue weighted by atomic mass is 10.0. The molecule has 158 valence electrons. The highest BCUT2D eigenvalue weighted by Gasteiger charge is 2.18. The first-order valence-electron chi connectivity index (χ1n) is 10.3. The second-order valence-electron chi connectivity index (χ2n) is 7.53. The molecule has 0 aliphatic carbocycles. The summed E-state index contributed by atoms with van der Waals surface area (Å²) < 4.78 is 28.8. The van der Waals surface area contributed by atoms with E-state index in [0.29, 0.717) is 28.9 Å². The topological polar surface area (TPSA) is 50.2 Å². The highest BCUT2D eigenvalue weighted by molar-refractivity contribution is 5.81. The standard InChI is InChI=1S/C26H19F2N3O/c1-2-22-25(19-12-13-20(27)21(28)14-19)26-29-23(15-24(32)31(26)30-22)18-10-8-17(9-11-18)16-6-4-3-5-7-16/h3-15,30H,2H2,1H3. The van der Waals surface area contributed by atoms with Crippen molar-refractivity contribution in [2.45, 2.75) is 13.3 Å².